The van der Waals surface area contributed by atoms with Crippen molar-refractivity contribution in [3.8, 4) is 5.75 Å². The first-order valence-electron chi connectivity index (χ1n) is 10.2. The number of carbonyl (C=O) groups is 3. The Kier molecular flexibility index (Phi) is 7.53. The lowest BCUT2D eigenvalue weighted by molar-refractivity contribution is -0.384. The van der Waals surface area contributed by atoms with Crippen LogP contribution in [0.3, 0.4) is 0 Å². The summed E-state index contributed by atoms with van der Waals surface area (Å²) in [7, 11) is 0. The molecule has 1 aliphatic rings. The molecule has 36 heavy (non-hydrogen) atoms. The fraction of sp³-hybridized carbons (Fsp3) is 0.0417. The largest absolute Gasteiger partial charge is 0.487 e. The Hall–Kier alpha value is -3.54. The van der Waals surface area contributed by atoms with Gasteiger partial charge in [0.05, 0.1) is 15.1 Å². The quantitative estimate of drug-likeness (QED) is 0.153. The van der Waals surface area contributed by atoms with Crippen molar-refractivity contribution in [3.05, 3.63) is 101 Å². The number of nitrogens with one attached hydrogen (secondary N) is 1. The number of hydrogen-bond acceptors (Lipinski definition) is 6. The molecule has 1 heterocycles. The molecule has 0 atom stereocenters. The zero-order valence-corrected chi connectivity index (χ0v) is 22.0. The van der Waals surface area contributed by atoms with Gasteiger partial charge in [0.25, 0.3) is 17.5 Å². The highest BCUT2D eigenvalue weighted by Crippen LogP contribution is 2.36. The van der Waals surface area contributed by atoms with E-state index >= 15 is 0 Å². The molecule has 3 aromatic carbocycles. The molecule has 0 aromatic heterocycles. The molecule has 0 saturated carbocycles. The van der Waals surface area contributed by atoms with E-state index in [1.54, 1.807) is 30.3 Å². The number of nitrogens with zero attached hydrogens (tertiary/aromatic N) is 2. The molecule has 0 aliphatic carbocycles. The SMILES string of the molecule is O=C1NC(=O)N(c2cccc([N+](=O)[O-])c2)C(=O)/C1=C/c1cc(Br)cc(Br)c1OCc1ccccc1Cl. The molecule has 0 radical (unpaired) electrons. The van der Waals surface area contributed by atoms with E-state index in [0.717, 1.165) is 11.6 Å². The van der Waals surface area contributed by atoms with Crippen molar-refractivity contribution in [2.24, 2.45) is 0 Å². The summed E-state index contributed by atoms with van der Waals surface area (Å²) < 4.78 is 7.14. The van der Waals surface area contributed by atoms with E-state index in [1.165, 1.54) is 24.3 Å². The van der Waals surface area contributed by atoms with Crippen LogP contribution in [0.4, 0.5) is 16.2 Å². The number of ether oxygens (including phenoxy) is 1. The third-order valence-electron chi connectivity index (χ3n) is 5.07. The van der Waals surface area contributed by atoms with Gasteiger partial charge in [-0.2, -0.15) is 0 Å². The van der Waals surface area contributed by atoms with Gasteiger partial charge in [-0.3, -0.25) is 25.0 Å². The maximum absolute atomic E-state index is 13.3. The Morgan fingerprint density at radius 1 is 1.06 bits per heavy atom. The normalized spacial score (nSPS) is 14.7. The summed E-state index contributed by atoms with van der Waals surface area (Å²) in [6.45, 7) is 0.106. The maximum atomic E-state index is 13.3. The van der Waals surface area contributed by atoms with Crippen LogP contribution >= 0.6 is 43.5 Å². The highest BCUT2D eigenvalue weighted by molar-refractivity contribution is 9.11. The molecule has 1 fully saturated rings. The monoisotopic (exact) mass is 633 g/mol. The summed E-state index contributed by atoms with van der Waals surface area (Å²) in [5.74, 6) is -1.54. The number of hydrogen-bond donors (Lipinski definition) is 1. The molecular formula is C24H14Br2ClN3O6. The van der Waals surface area contributed by atoms with Crippen LogP contribution in [-0.2, 0) is 16.2 Å². The van der Waals surface area contributed by atoms with Crippen molar-refractivity contribution in [1.82, 2.24) is 5.32 Å². The number of benzene rings is 3. The van der Waals surface area contributed by atoms with E-state index in [-0.39, 0.29) is 23.6 Å². The summed E-state index contributed by atoms with van der Waals surface area (Å²) >= 11 is 13.0. The number of urea groups is 1. The Morgan fingerprint density at radius 3 is 2.53 bits per heavy atom. The van der Waals surface area contributed by atoms with Crippen LogP contribution in [-0.4, -0.2) is 22.8 Å². The number of non-ortho nitro benzene ring substituents is 1. The Balaban J connectivity index is 1.73. The summed E-state index contributed by atoms with van der Waals surface area (Å²) in [6, 6.07) is 14.4. The fourth-order valence-electron chi connectivity index (χ4n) is 3.40. The lowest BCUT2D eigenvalue weighted by Gasteiger charge is -2.26. The molecule has 0 bridgehead atoms. The Morgan fingerprint density at radius 2 is 1.81 bits per heavy atom. The fourth-order valence-corrected chi connectivity index (χ4v) is 4.96. The number of anilines is 1. The average molecular weight is 636 g/mol. The van der Waals surface area contributed by atoms with Crippen LogP contribution < -0.4 is 15.0 Å². The number of nitro groups is 1. The van der Waals surface area contributed by atoms with Crippen LogP contribution in [0.15, 0.2) is 75.2 Å². The van der Waals surface area contributed by atoms with Gasteiger partial charge in [0, 0.05) is 32.8 Å². The third kappa shape index (κ3) is 5.32. The van der Waals surface area contributed by atoms with Gasteiger partial charge in [0.2, 0.25) is 0 Å². The number of imide groups is 2. The van der Waals surface area contributed by atoms with Gasteiger partial charge in [-0.25, -0.2) is 9.69 Å². The smallest absolute Gasteiger partial charge is 0.335 e. The van der Waals surface area contributed by atoms with Gasteiger partial charge < -0.3 is 4.74 Å². The van der Waals surface area contributed by atoms with E-state index in [4.69, 9.17) is 16.3 Å². The van der Waals surface area contributed by atoms with Gasteiger partial charge in [-0.1, -0.05) is 51.8 Å². The predicted molar refractivity (Wildman–Crippen MR) is 140 cm³/mol. The number of carbonyl (C=O) groups excluding carboxylic acids is 3. The molecule has 1 saturated heterocycles. The van der Waals surface area contributed by atoms with Crippen LogP contribution in [0.5, 0.6) is 5.75 Å². The van der Waals surface area contributed by atoms with Crippen molar-refractivity contribution in [2.75, 3.05) is 4.90 Å². The van der Waals surface area contributed by atoms with Gasteiger partial charge in [-0.15, -0.1) is 0 Å². The van der Waals surface area contributed by atoms with Crippen molar-refractivity contribution in [2.45, 2.75) is 6.61 Å². The van der Waals surface area contributed by atoms with Gasteiger partial charge in [0.15, 0.2) is 0 Å². The van der Waals surface area contributed by atoms with Crippen molar-refractivity contribution in [1.29, 1.82) is 0 Å². The number of halogens is 3. The van der Waals surface area contributed by atoms with Crippen LogP contribution in [0, 0.1) is 10.1 Å². The third-order valence-corrected chi connectivity index (χ3v) is 6.48. The van der Waals surface area contributed by atoms with Gasteiger partial charge in [0.1, 0.15) is 17.9 Å². The molecule has 182 valence electrons. The van der Waals surface area contributed by atoms with Crippen LogP contribution in [0.1, 0.15) is 11.1 Å². The van der Waals surface area contributed by atoms with E-state index in [1.807, 2.05) is 6.07 Å². The standard InChI is InChI=1S/C24H14Br2ClN3O6/c25-15-8-14(21(19(26)10-15)36-12-13-4-1-2-7-20(13)27)9-18-22(31)28-24(33)29(23(18)32)16-5-3-6-17(11-16)30(34)35/h1-11H,12H2,(H,28,31,33)/b18-9+. The second-order valence-electron chi connectivity index (χ2n) is 7.42. The first kappa shape index (κ1) is 25.5. The Bertz CT molecular complexity index is 1460. The van der Waals surface area contributed by atoms with E-state index < -0.39 is 22.8 Å². The second kappa shape index (κ2) is 10.6. The minimum Gasteiger partial charge on any atom is -0.487 e. The molecule has 4 amide bonds. The van der Waals surface area contributed by atoms with Gasteiger partial charge >= 0.3 is 6.03 Å². The highest BCUT2D eigenvalue weighted by Gasteiger charge is 2.37. The topological polar surface area (TPSA) is 119 Å². The predicted octanol–water partition coefficient (Wildman–Crippen LogP) is 6.02. The highest BCUT2D eigenvalue weighted by atomic mass is 79.9. The van der Waals surface area contributed by atoms with E-state index in [9.17, 15) is 24.5 Å². The van der Waals surface area contributed by atoms with Crippen molar-refractivity contribution in [3.63, 3.8) is 0 Å². The number of nitro benzene ring substituents is 1. The lowest BCUT2D eigenvalue weighted by atomic mass is 10.1. The summed E-state index contributed by atoms with van der Waals surface area (Å²) in [4.78, 5) is 49.5. The van der Waals surface area contributed by atoms with Crippen molar-refractivity contribution < 1.29 is 24.0 Å². The molecule has 3 aromatic rings. The zero-order chi connectivity index (χ0) is 26.0. The second-order valence-corrected chi connectivity index (χ2v) is 9.60. The van der Waals surface area contributed by atoms with E-state index in [0.29, 0.717) is 30.2 Å². The lowest BCUT2D eigenvalue weighted by Crippen LogP contribution is -2.54. The van der Waals surface area contributed by atoms with E-state index in [2.05, 4.69) is 37.2 Å². The van der Waals surface area contributed by atoms with Crippen LogP contribution in [0.2, 0.25) is 5.02 Å². The molecule has 1 aliphatic heterocycles. The minimum absolute atomic E-state index is 0.0595. The minimum atomic E-state index is -1.02. The number of barbiturate groups is 1. The molecule has 0 unspecified atom stereocenters. The van der Waals surface area contributed by atoms with Gasteiger partial charge in [-0.05, 0) is 46.3 Å². The van der Waals surface area contributed by atoms with Crippen LogP contribution in [0.25, 0.3) is 6.08 Å². The zero-order valence-electron chi connectivity index (χ0n) is 18.0. The average Bonchev–Trinajstić information content (AvgIpc) is 2.82. The summed E-state index contributed by atoms with van der Waals surface area (Å²) in [5.41, 5.74) is 0.336. The summed E-state index contributed by atoms with van der Waals surface area (Å²) in [5, 5.41) is 13.8. The number of amides is 4. The summed E-state index contributed by atoms with van der Waals surface area (Å²) in [6.07, 6.45) is 1.28. The molecule has 9 nitrogen and oxygen atoms in total. The molecule has 12 heteroatoms. The van der Waals surface area contributed by atoms with Crippen molar-refractivity contribution >= 4 is 78.8 Å². The molecule has 0 spiro atoms. The number of rotatable bonds is 6. The Labute approximate surface area is 226 Å². The molecule has 1 N–H and O–H groups in total. The first-order chi connectivity index (χ1) is 17.2. The first-order valence-corrected chi connectivity index (χ1v) is 12.1. The molecule has 4 rings (SSSR count). The maximum Gasteiger partial charge on any atom is 0.335 e. The molecular weight excluding hydrogens is 622 g/mol.